The summed E-state index contributed by atoms with van der Waals surface area (Å²) in [5, 5.41) is 9.79. The van der Waals surface area contributed by atoms with Gasteiger partial charge in [-0.25, -0.2) is 4.98 Å². The summed E-state index contributed by atoms with van der Waals surface area (Å²) in [6.45, 7) is 4.38. The predicted molar refractivity (Wildman–Crippen MR) is 64.6 cm³/mol. The number of aromatic nitrogens is 3. The highest BCUT2D eigenvalue weighted by Crippen LogP contribution is 2.16. The van der Waals surface area contributed by atoms with Crippen molar-refractivity contribution >= 4 is 5.91 Å². The highest BCUT2D eigenvalue weighted by Gasteiger charge is 2.35. The molecule has 7 nitrogen and oxygen atoms in total. The van der Waals surface area contributed by atoms with Crippen molar-refractivity contribution in [2.75, 3.05) is 26.8 Å². The van der Waals surface area contributed by atoms with Crippen LogP contribution in [0.2, 0.25) is 0 Å². The third kappa shape index (κ3) is 2.85. The number of aromatic amines is 1. The van der Waals surface area contributed by atoms with Gasteiger partial charge in [0.1, 0.15) is 12.2 Å². The lowest BCUT2D eigenvalue weighted by molar-refractivity contribution is -0.135. The third-order valence-electron chi connectivity index (χ3n) is 3.09. The Bertz CT molecular complexity index is 381. The van der Waals surface area contributed by atoms with Crippen molar-refractivity contribution in [1.82, 2.24) is 25.4 Å². The molecule has 0 bridgehead atoms. The van der Waals surface area contributed by atoms with Gasteiger partial charge < -0.3 is 15.0 Å². The molecule has 1 aromatic heterocycles. The molecule has 18 heavy (non-hydrogen) atoms. The number of hydrogen-bond donors (Lipinski definition) is 2. The van der Waals surface area contributed by atoms with Crippen molar-refractivity contribution in [1.29, 1.82) is 0 Å². The molecule has 1 fully saturated rings. The lowest BCUT2D eigenvalue weighted by Gasteiger charge is -2.23. The maximum Gasteiger partial charge on any atom is 0.229 e. The number of rotatable bonds is 5. The van der Waals surface area contributed by atoms with Crippen LogP contribution in [0.3, 0.4) is 0 Å². The van der Waals surface area contributed by atoms with E-state index in [9.17, 15) is 4.79 Å². The van der Waals surface area contributed by atoms with Crippen molar-refractivity contribution < 1.29 is 9.53 Å². The summed E-state index contributed by atoms with van der Waals surface area (Å²) in [6.07, 6.45) is 1.44. The van der Waals surface area contributed by atoms with E-state index in [4.69, 9.17) is 4.74 Å². The number of ether oxygens (including phenoxy) is 1. The van der Waals surface area contributed by atoms with E-state index in [2.05, 4.69) is 20.5 Å². The molecular weight excluding hydrogens is 234 g/mol. The number of nitrogens with one attached hydrogen (secondary N) is 2. The van der Waals surface area contributed by atoms with Crippen molar-refractivity contribution in [3.8, 4) is 0 Å². The van der Waals surface area contributed by atoms with Crippen LogP contribution >= 0.6 is 0 Å². The van der Waals surface area contributed by atoms with Gasteiger partial charge in [-0.1, -0.05) is 6.92 Å². The number of H-pyrrole nitrogens is 1. The zero-order chi connectivity index (χ0) is 13.0. The Hall–Kier alpha value is -1.47. The molecule has 100 valence electrons. The van der Waals surface area contributed by atoms with Crippen LogP contribution in [0.4, 0.5) is 0 Å². The second kappa shape index (κ2) is 5.92. The minimum atomic E-state index is -0.113. The number of amides is 1. The lowest BCUT2D eigenvalue weighted by atomic mass is 10.0. The molecule has 2 rings (SSSR count). The van der Waals surface area contributed by atoms with Gasteiger partial charge >= 0.3 is 0 Å². The first kappa shape index (κ1) is 13.0. The molecule has 0 aromatic carbocycles. The zero-order valence-electron chi connectivity index (χ0n) is 10.7. The van der Waals surface area contributed by atoms with E-state index in [0.29, 0.717) is 25.6 Å². The van der Waals surface area contributed by atoms with Crippen LogP contribution in [-0.4, -0.2) is 58.8 Å². The van der Waals surface area contributed by atoms with Crippen LogP contribution in [0.1, 0.15) is 12.7 Å². The Balaban J connectivity index is 1.93. The van der Waals surface area contributed by atoms with Gasteiger partial charge in [0, 0.05) is 13.1 Å². The number of carbonyl (C=O) groups is 1. The van der Waals surface area contributed by atoms with Crippen molar-refractivity contribution in [3.05, 3.63) is 12.2 Å². The maximum atomic E-state index is 12.3. The van der Waals surface area contributed by atoms with Crippen LogP contribution in [0.25, 0.3) is 0 Å². The van der Waals surface area contributed by atoms with E-state index in [0.717, 1.165) is 6.54 Å². The van der Waals surface area contributed by atoms with E-state index in [1.54, 1.807) is 11.9 Å². The standard InChI is InChI=1S/C11H19N5O2/c1-3-12-9-6-18-5-8(9)11(17)16(2)4-10-13-7-14-15-10/h7-9,12H,3-6H2,1-2H3,(H,13,14,15). The van der Waals surface area contributed by atoms with E-state index >= 15 is 0 Å². The molecule has 2 heterocycles. The largest absolute Gasteiger partial charge is 0.379 e. The second-order valence-electron chi connectivity index (χ2n) is 4.43. The molecule has 0 spiro atoms. The first-order valence-electron chi connectivity index (χ1n) is 6.12. The summed E-state index contributed by atoms with van der Waals surface area (Å²) in [5.41, 5.74) is 0. The van der Waals surface area contributed by atoms with E-state index in [1.807, 2.05) is 6.92 Å². The van der Waals surface area contributed by atoms with Crippen LogP contribution in [0.15, 0.2) is 6.33 Å². The molecular formula is C11H19N5O2. The Kier molecular flexibility index (Phi) is 4.27. The summed E-state index contributed by atoms with van der Waals surface area (Å²) < 4.78 is 5.38. The average Bonchev–Trinajstić information content (AvgIpc) is 3.00. The van der Waals surface area contributed by atoms with E-state index in [1.165, 1.54) is 6.33 Å². The molecule has 1 amide bonds. The quantitative estimate of drug-likeness (QED) is 0.731. The minimum Gasteiger partial charge on any atom is -0.379 e. The number of likely N-dealkylation sites (N-methyl/N-ethyl adjacent to an activating group) is 1. The summed E-state index contributed by atoms with van der Waals surface area (Å²) in [4.78, 5) is 18.0. The number of hydrogen-bond acceptors (Lipinski definition) is 5. The van der Waals surface area contributed by atoms with Crippen molar-refractivity contribution in [2.24, 2.45) is 5.92 Å². The van der Waals surface area contributed by atoms with Crippen molar-refractivity contribution in [3.63, 3.8) is 0 Å². The molecule has 0 saturated carbocycles. The molecule has 7 heteroatoms. The number of nitrogens with zero attached hydrogens (tertiary/aromatic N) is 3. The van der Waals surface area contributed by atoms with Crippen LogP contribution in [0.5, 0.6) is 0 Å². The molecule has 1 aromatic rings. The Morgan fingerprint density at radius 1 is 1.67 bits per heavy atom. The normalized spacial score (nSPS) is 23.2. The minimum absolute atomic E-state index is 0.0786. The van der Waals surface area contributed by atoms with Gasteiger partial charge in [0.2, 0.25) is 5.91 Å². The highest BCUT2D eigenvalue weighted by atomic mass is 16.5. The fourth-order valence-electron chi connectivity index (χ4n) is 2.15. The van der Waals surface area contributed by atoms with Crippen LogP contribution < -0.4 is 5.32 Å². The third-order valence-corrected chi connectivity index (χ3v) is 3.09. The summed E-state index contributed by atoms with van der Waals surface area (Å²) in [6, 6.07) is 0.111. The molecule has 2 N–H and O–H groups in total. The van der Waals surface area contributed by atoms with Crippen molar-refractivity contribution in [2.45, 2.75) is 19.5 Å². The zero-order valence-corrected chi connectivity index (χ0v) is 10.7. The predicted octanol–water partition coefficient (Wildman–Crippen LogP) is -0.612. The summed E-state index contributed by atoms with van der Waals surface area (Å²) >= 11 is 0. The molecule has 0 radical (unpaired) electrons. The first-order valence-corrected chi connectivity index (χ1v) is 6.12. The van der Waals surface area contributed by atoms with Gasteiger partial charge in [0.05, 0.1) is 25.7 Å². The number of carbonyl (C=O) groups excluding carboxylic acids is 1. The van der Waals surface area contributed by atoms with Gasteiger partial charge in [-0.3, -0.25) is 9.89 Å². The van der Waals surface area contributed by atoms with Gasteiger partial charge in [0.25, 0.3) is 0 Å². The smallest absolute Gasteiger partial charge is 0.229 e. The fourth-order valence-corrected chi connectivity index (χ4v) is 2.15. The molecule has 1 aliphatic rings. The lowest BCUT2D eigenvalue weighted by Crippen LogP contribution is -2.44. The van der Waals surface area contributed by atoms with Crippen LogP contribution in [-0.2, 0) is 16.1 Å². The van der Waals surface area contributed by atoms with Gasteiger partial charge in [0.15, 0.2) is 0 Å². The fraction of sp³-hybridized carbons (Fsp3) is 0.727. The van der Waals surface area contributed by atoms with E-state index in [-0.39, 0.29) is 17.9 Å². The molecule has 1 saturated heterocycles. The van der Waals surface area contributed by atoms with Crippen LogP contribution in [0, 0.1) is 5.92 Å². The Morgan fingerprint density at radius 3 is 3.17 bits per heavy atom. The van der Waals surface area contributed by atoms with Gasteiger partial charge in [-0.05, 0) is 6.54 Å². The Morgan fingerprint density at radius 2 is 2.50 bits per heavy atom. The highest BCUT2D eigenvalue weighted by molar-refractivity contribution is 5.79. The molecule has 2 atom stereocenters. The topological polar surface area (TPSA) is 83.1 Å². The van der Waals surface area contributed by atoms with Gasteiger partial charge in [-0.15, -0.1) is 0 Å². The monoisotopic (exact) mass is 253 g/mol. The second-order valence-corrected chi connectivity index (χ2v) is 4.43. The Labute approximate surface area is 106 Å². The molecule has 2 unspecified atom stereocenters. The summed E-state index contributed by atoms with van der Waals surface area (Å²) in [5.74, 6) is 0.650. The SMILES string of the molecule is CCNC1COCC1C(=O)N(C)Cc1ncn[nH]1. The molecule has 1 aliphatic heterocycles. The molecule has 0 aliphatic carbocycles. The first-order chi connectivity index (χ1) is 8.72. The van der Waals surface area contributed by atoms with E-state index < -0.39 is 0 Å². The maximum absolute atomic E-state index is 12.3. The van der Waals surface area contributed by atoms with Gasteiger partial charge in [-0.2, -0.15) is 5.10 Å². The average molecular weight is 253 g/mol. The summed E-state index contributed by atoms with van der Waals surface area (Å²) in [7, 11) is 1.77.